The van der Waals surface area contributed by atoms with Crippen molar-refractivity contribution in [2.75, 3.05) is 24.2 Å². The van der Waals surface area contributed by atoms with E-state index in [-0.39, 0.29) is 17.0 Å². The number of piperidine rings is 1. The van der Waals surface area contributed by atoms with Crippen LogP contribution in [-0.4, -0.2) is 52.7 Å². The van der Waals surface area contributed by atoms with E-state index in [4.69, 9.17) is 21.1 Å². The predicted molar refractivity (Wildman–Crippen MR) is 150 cm³/mol. The van der Waals surface area contributed by atoms with Gasteiger partial charge in [-0.25, -0.2) is 22.1 Å². The summed E-state index contributed by atoms with van der Waals surface area (Å²) in [5.74, 6) is 0.698. The van der Waals surface area contributed by atoms with E-state index >= 15 is 0 Å². The second-order valence-electron chi connectivity index (χ2n) is 10.6. The van der Waals surface area contributed by atoms with Crippen LogP contribution in [0, 0.1) is 19.7 Å². The van der Waals surface area contributed by atoms with Crippen molar-refractivity contribution in [3.63, 3.8) is 0 Å². The molecule has 0 N–H and O–H groups in total. The third kappa shape index (κ3) is 4.59. The fourth-order valence-corrected chi connectivity index (χ4v) is 7.10. The maximum atomic E-state index is 14.4. The van der Waals surface area contributed by atoms with E-state index < -0.39 is 21.9 Å². The second-order valence-corrected chi connectivity index (χ2v) is 12.9. The molecule has 0 saturated carbocycles. The fourth-order valence-electron chi connectivity index (χ4n) is 6.11. The highest BCUT2D eigenvalue weighted by Gasteiger charge is 2.39. The number of carbonyl (C=O) groups excluding carboxylic acids is 1. The topological polar surface area (TPSA) is 102 Å². The normalized spacial score (nSPS) is 19.3. The van der Waals surface area contributed by atoms with Crippen LogP contribution >= 0.6 is 11.6 Å². The average Bonchev–Trinajstić information content (AvgIpc) is 3.59. The molecule has 9 nitrogen and oxygen atoms in total. The van der Waals surface area contributed by atoms with E-state index in [1.54, 1.807) is 11.0 Å². The molecule has 0 aliphatic carbocycles. The summed E-state index contributed by atoms with van der Waals surface area (Å²) in [6, 6.07) is 9.96. The van der Waals surface area contributed by atoms with Gasteiger partial charge < -0.3 is 14.0 Å². The molecule has 0 bridgehead atoms. The quantitative estimate of drug-likeness (QED) is 0.304. The van der Waals surface area contributed by atoms with Gasteiger partial charge >= 0.3 is 0 Å². The number of rotatable bonds is 5. The fraction of sp³-hybridized carbons (Fsp3) is 0.393. The van der Waals surface area contributed by atoms with E-state index in [9.17, 15) is 17.6 Å². The van der Waals surface area contributed by atoms with Crippen LogP contribution in [0.1, 0.15) is 55.0 Å². The summed E-state index contributed by atoms with van der Waals surface area (Å²) >= 11 is 5.93. The molecular formula is C28H29ClFN5O4S. The number of carbonyl (C=O) groups is 1. The minimum Gasteiger partial charge on any atom is -0.361 e. The molecule has 6 rings (SSSR count). The number of imidazole rings is 1. The number of amides is 1. The Hall–Kier alpha value is -3.28. The maximum absolute atomic E-state index is 14.4. The van der Waals surface area contributed by atoms with E-state index in [2.05, 4.69) is 9.72 Å². The van der Waals surface area contributed by atoms with Crippen molar-refractivity contribution in [2.24, 2.45) is 0 Å². The molecule has 0 unspecified atom stereocenters. The smallest absolute Gasteiger partial charge is 0.227 e. The number of hydrogen-bond donors (Lipinski definition) is 0. The number of hydrogen-bond acceptors (Lipinski definition) is 6. The van der Waals surface area contributed by atoms with Crippen LogP contribution in [0.15, 0.2) is 40.9 Å². The summed E-state index contributed by atoms with van der Waals surface area (Å²) in [5.41, 5.74) is 4.68. The van der Waals surface area contributed by atoms with Gasteiger partial charge in [-0.2, -0.15) is 0 Å². The summed E-state index contributed by atoms with van der Waals surface area (Å²) < 4.78 is 47.8. The third-order valence-electron chi connectivity index (χ3n) is 7.99. The van der Waals surface area contributed by atoms with Crippen LogP contribution in [-0.2, 0) is 14.8 Å². The first-order valence-corrected chi connectivity index (χ1v) is 15.4. The molecular weight excluding hydrogens is 557 g/mol. The molecule has 2 fully saturated rings. The highest BCUT2D eigenvalue weighted by Crippen LogP contribution is 2.42. The molecule has 40 heavy (non-hydrogen) atoms. The summed E-state index contributed by atoms with van der Waals surface area (Å²) in [7, 11) is -3.29. The number of aryl methyl sites for hydroxylation is 2. The number of anilines is 1. The molecule has 1 atom stereocenters. The van der Waals surface area contributed by atoms with Crippen LogP contribution in [0.2, 0.25) is 5.02 Å². The highest BCUT2D eigenvalue weighted by atomic mass is 35.5. The molecule has 12 heteroatoms. The van der Waals surface area contributed by atoms with Gasteiger partial charge in [-0.15, -0.1) is 0 Å². The number of fused-ring (bicyclic) bond motifs is 1. The van der Waals surface area contributed by atoms with Crippen molar-refractivity contribution in [3.05, 3.63) is 64.5 Å². The highest BCUT2D eigenvalue weighted by molar-refractivity contribution is 7.88. The van der Waals surface area contributed by atoms with Crippen LogP contribution in [0.5, 0.6) is 0 Å². The summed E-state index contributed by atoms with van der Waals surface area (Å²) in [6.45, 7) is 4.56. The maximum Gasteiger partial charge on any atom is 0.227 e. The molecule has 4 aromatic rings. The van der Waals surface area contributed by atoms with E-state index in [0.29, 0.717) is 56.0 Å². The Labute approximate surface area is 236 Å². The third-order valence-corrected chi connectivity index (χ3v) is 9.60. The van der Waals surface area contributed by atoms with E-state index in [1.165, 1.54) is 22.7 Å². The molecule has 210 valence electrons. The van der Waals surface area contributed by atoms with Gasteiger partial charge in [-0.05, 0) is 69.0 Å². The van der Waals surface area contributed by atoms with Crippen LogP contribution in [0.25, 0.3) is 22.2 Å². The van der Waals surface area contributed by atoms with Crippen molar-refractivity contribution >= 4 is 44.3 Å². The Kier molecular flexibility index (Phi) is 6.71. The second kappa shape index (κ2) is 9.97. The molecule has 2 aromatic carbocycles. The standard InChI is InChI=1S/C28H29ClFN5O4S/c1-16-27(17(2)39-32-16)18-4-7-24-23(14-18)31-28(35(24)19-10-12-33(13-11-19)40(3,37)38)25-8-9-26(36)34(25)20-5-6-21(29)22(30)15-20/h4-7,14-15,19,25H,8-13H2,1-3H3/t25-/m0/s1. The number of nitrogens with zero attached hydrogens (tertiary/aromatic N) is 5. The molecule has 2 aliphatic heterocycles. The minimum atomic E-state index is -3.29. The zero-order chi connectivity index (χ0) is 28.3. The Morgan fingerprint density at radius 2 is 1.82 bits per heavy atom. The average molecular weight is 586 g/mol. The summed E-state index contributed by atoms with van der Waals surface area (Å²) in [5, 5.41) is 4.07. The molecule has 4 heterocycles. The molecule has 1 amide bonds. The lowest BCUT2D eigenvalue weighted by Gasteiger charge is -2.33. The van der Waals surface area contributed by atoms with Gasteiger partial charge in [0.05, 0.1) is 34.0 Å². The Bertz CT molecular complexity index is 1720. The number of aromatic nitrogens is 3. The Morgan fingerprint density at radius 1 is 1.07 bits per heavy atom. The molecule has 0 spiro atoms. The van der Waals surface area contributed by atoms with Gasteiger partial charge in [0.25, 0.3) is 0 Å². The predicted octanol–water partition coefficient (Wildman–Crippen LogP) is 5.57. The first-order chi connectivity index (χ1) is 19.0. The van der Waals surface area contributed by atoms with Crippen LogP contribution < -0.4 is 4.90 Å². The number of sulfonamides is 1. The van der Waals surface area contributed by atoms with Gasteiger partial charge in [0.15, 0.2) is 0 Å². The first-order valence-electron chi connectivity index (χ1n) is 13.2. The lowest BCUT2D eigenvalue weighted by molar-refractivity contribution is -0.117. The summed E-state index contributed by atoms with van der Waals surface area (Å²) in [6.07, 6.45) is 3.26. The van der Waals surface area contributed by atoms with Gasteiger partial charge in [0, 0.05) is 36.8 Å². The van der Waals surface area contributed by atoms with Crippen molar-refractivity contribution in [1.29, 1.82) is 0 Å². The summed E-state index contributed by atoms with van der Waals surface area (Å²) in [4.78, 5) is 19.8. The first kappa shape index (κ1) is 26.9. The van der Waals surface area contributed by atoms with Crippen molar-refractivity contribution < 1.29 is 22.1 Å². The van der Waals surface area contributed by atoms with Crippen molar-refractivity contribution in [1.82, 2.24) is 19.0 Å². The van der Waals surface area contributed by atoms with Gasteiger partial charge in [0.1, 0.15) is 17.4 Å². The van der Waals surface area contributed by atoms with Crippen LogP contribution in [0.4, 0.5) is 10.1 Å². The minimum absolute atomic E-state index is 0.0105. The SMILES string of the molecule is Cc1noc(C)c1-c1ccc2c(c1)nc([C@@H]1CCC(=O)N1c1ccc(Cl)c(F)c1)n2C1CCN(S(C)(=O)=O)CC1. The lowest BCUT2D eigenvalue weighted by atomic mass is 10.0. The Morgan fingerprint density at radius 3 is 2.48 bits per heavy atom. The molecule has 0 radical (unpaired) electrons. The van der Waals surface area contributed by atoms with Gasteiger partial charge in [0.2, 0.25) is 15.9 Å². The number of halogens is 2. The number of benzene rings is 2. The molecule has 2 aromatic heterocycles. The van der Waals surface area contributed by atoms with Gasteiger partial charge in [-0.1, -0.05) is 22.8 Å². The van der Waals surface area contributed by atoms with E-state index in [0.717, 1.165) is 27.9 Å². The van der Waals surface area contributed by atoms with Crippen LogP contribution in [0.3, 0.4) is 0 Å². The molecule has 2 aliphatic rings. The zero-order valence-electron chi connectivity index (χ0n) is 22.4. The van der Waals surface area contributed by atoms with E-state index in [1.807, 2.05) is 32.0 Å². The van der Waals surface area contributed by atoms with Crippen molar-refractivity contribution in [3.8, 4) is 11.1 Å². The molecule has 2 saturated heterocycles. The van der Waals surface area contributed by atoms with Gasteiger partial charge in [-0.3, -0.25) is 4.79 Å². The largest absolute Gasteiger partial charge is 0.361 e. The van der Waals surface area contributed by atoms with Crippen molar-refractivity contribution in [2.45, 2.75) is 51.6 Å². The lowest BCUT2D eigenvalue weighted by Crippen LogP contribution is -2.39. The Balaban J connectivity index is 1.48. The zero-order valence-corrected chi connectivity index (χ0v) is 24.0. The monoisotopic (exact) mass is 585 g/mol.